The second-order valence-electron chi connectivity index (χ2n) is 11.3. The molecule has 0 aliphatic rings. The van der Waals surface area contributed by atoms with E-state index < -0.39 is 31.3 Å². The van der Waals surface area contributed by atoms with E-state index in [9.17, 15) is 9.36 Å². The van der Waals surface area contributed by atoms with E-state index in [0.717, 1.165) is 26.7 Å². The quantitative estimate of drug-likeness (QED) is 0.109. The monoisotopic (exact) mass is 695 g/mol. The zero-order valence-electron chi connectivity index (χ0n) is 27.2. The lowest BCUT2D eigenvalue weighted by atomic mass is 9.91. The van der Waals surface area contributed by atoms with Crippen LogP contribution in [0.3, 0.4) is 0 Å². The molecule has 10 nitrogen and oxygen atoms in total. The highest BCUT2D eigenvalue weighted by atomic mass is 35.5. The summed E-state index contributed by atoms with van der Waals surface area (Å²) in [7, 11) is 1.31. The molecule has 3 aromatic rings. The van der Waals surface area contributed by atoms with Gasteiger partial charge in [0.25, 0.3) is 0 Å². The molecule has 0 aromatic heterocycles. The van der Waals surface area contributed by atoms with E-state index in [4.69, 9.17) is 44.1 Å². The SMILES string of the molecule is COC(OC)C(CCc1ccc(Sc2cccc(OCc3ccccc3)c2)cc1Cl)(COP(=O)(OC)OC)NC(=O)OC(C)(C)C. The average Bonchev–Trinajstić information content (AvgIpc) is 3.02. The fourth-order valence-corrected chi connectivity index (χ4v) is 6.50. The van der Waals surface area contributed by atoms with Crippen LogP contribution in [-0.2, 0) is 45.4 Å². The van der Waals surface area contributed by atoms with Gasteiger partial charge in [-0.1, -0.05) is 65.8 Å². The summed E-state index contributed by atoms with van der Waals surface area (Å²) in [4.78, 5) is 15.0. The van der Waals surface area contributed by atoms with Crippen LogP contribution in [0.2, 0.25) is 5.02 Å². The van der Waals surface area contributed by atoms with Gasteiger partial charge in [0.2, 0.25) is 0 Å². The van der Waals surface area contributed by atoms with Crippen molar-refractivity contribution in [3.63, 3.8) is 0 Å². The minimum absolute atomic E-state index is 0.193. The molecule has 0 bridgehead atoms. The first kappa shape index (κ1) is 37.9. The van der Waals surface area contributed by atoms with E-state index in [1.165, 1.54) is 28.4 Å². The summed E-state index contributed by atoms with van der Waals surface area (Å²) in [6, 6.07) is 23.6. The maximum atomic E-state index is 13.0. The Bertz CT molecular complexity index is 1440. The number of aryl methyl sites for hydroxylation is 1. The standard InChI is InChI=1S/C33H43ClNO9PS/c1-32(2,3)44-31(36)35-33(30(38-4)39-5,23-43-45(37,40-6)41-7)19-18-25-16-17-28(21-29(25)34)46-27-15-11-14-26(20-27)42-22-24-12-9-8-10-13-24/h8-17,20-21,30H,18-19,22-23H2,1-7H3,(H,35,36). The molecule has 0 radical (unpaired) electrons. The summed E-state index contributed by atoms with van der Waals surface area (Å²) in [5.74, 6) is 0.768. The third-order valence-corrected chi connectivity index (χ3v) is 9.38. The maximum absolute atomic E-state index is 13.0. The first-order chi connectivity index (χ1) is 21.8. The minimum Gasteiger partial charge on any atom is -0.489 e. The maximum Gasteiger partial charge on any atom is 0.474 e. The summed E-state index contributed by atoms with van der Waals surface area (Å²) >= 11 is 8.33. The van der Waals surface area contributed by atoms with Gasteiger partial charge in [-0.15, -0.1) is 0 Å². The third kappa shape index (κ3) is 11.6. The zero-order chi connectivity index (χ0) is 33.8. The van der Waals surface area contributed by atoms with Crippen LogP contribution in [0.5, 0.6) is 5.75 Å². The number of methoxy groups -OCH3 is 2. The van der Waals surface area contributed by atoms with Crippen LogP contribution < -0.4 is 10.1 Å². The fraction of sp³-hybridized carbons (Fsp3) is 0.424. The Labute approximate surface area is 281 Å². The molecule has 3 rings (SSSR count). The number of hydrogen-bond donors (Lipinski definition) is 1. The van der Waals surface area contributed by atoms with Crippen molar-refractivity contribution in [3.8, 4) is 5.75 Å². The number of halogens is 1. The molecule has 0 saturated carbocycles. The first-order valence-corrected chi connectivity index (χ1v) is 17.2. The van der Waals surface area contributed by atoms with Gasteiger partial charge in [-0.2, -0.15) is 0 Å². The number of amides is 1. The highest BCUT2D eigenvalue weighted by Gasteiger charge is 2.45. The van der Waals surface area contributed by atoms with Crippen molar-refractivity contribution in [2.24, 2.45) is 0 Å². The Balaban J connectivity index is 1.80. The lowest BCUT2D eigenvalue weighted by Crippen LogP contribution is -2.61. The molecule has 1 amide bonds. The largest absolute Gasteiger partial charge is 0.489 e. The third-order valence-electron chi connectivity index (χ3n) is 6.71. The number of rotatable bonds is 17. The normalized spacial score (nSPS) is 13.3. The molecule has 0 aliphatic heterocycles. The number of carbonyl (C=O) groups is 1. The van der Waals surface area contributed by atoms with E-state index in [2.05, 4.69) is 5.32 Å². The molecule has 1 unspecified atom stereocenters. The molecule has 0 fully saturated rings. The number of hydrogen-bond acceptors (Lipinski definition) is 10. The Kier molecular flexibility index (Phi) is 14.4. The molecule has 0 heterocycles. The first-order valence-electron chi connectivity index (χ1n) is 14.5. The predicted octanol–water partition coefficient (Wildman–Crippen LogP) is 8.30. The summed E-state index contributed by atoms with van der Waals surface area (Å²) in [6.07, 6.45) is -1.22. The van der Waals surface area contributed by atoms with Gasteiger partial charge < -0.3 is 24.3 Å². The lowest BCUT2D eigenvalue weighted by Gasteiger charge is -2.40. The highest BCUT2D eigenvalue weighted by Crippen LogP contribution is 2.48. The molecule has 0 aliphatic carbocycles. The summed E-state index contributed by atoms with van der Waals surface area (Å²) in [5.41, 5.74) is -0.289. The number of phosphoric ester groups is 1. The number of nitrogens with one attached hydrogen (secondary N) is 1. The van der Waals surface area contributed by atoms with Gasteiger partial charge in [0.05, 0.1) is 6.61 Å². The molecule has 1 atom stereocenters. The minimum atomic E-state index is -3.93. The number of carbonyl (C=O) groups excluding carboxylic acids is 1. The van der Waals surface area contributed by atoms with Crippen LogP contribution in [0.15, 0.2) is 82.6 Å². The number of ether oxygens (including phenoxy) is 4. The van der Waals surface area contributed by atoms with Gasteiger partial charge in [-0.05, 0) is 75.1 Å². The van der Waals surface area contributed by atoms with Crippen LogP contribution in [0.1, 0.15) is 38.3 Å². The lowest BCUT2D eigenvalue weighted by molar-refractivity contribution is -0.166. The molecule has 3 aromatic carbocycles. The smallest absolute Gasteiger partial charge is 0.474 e. The van der Waals surface area contributed by atoms with Crippen molar-refractivity contribution in [2.75, 3.05) is 35.0 Å². The molecular formula is C33H43ClNO9PS. The van der Waals surface area contributed by atoms with E-state index in [1.807, 2.05) is 72.8 Å². The topological polar surface area (TPSA) is 111 Å². The predicted molar refractivity (Wildman–Crippen MR) is 179 cm³/mol. The van der Waals surface area contributed by atoms with Gasteiger partial charge >= 0.3 is 13.9 Å². The van der Waals surface area contributed by atoms with Crippen molar-refractivity contribution >= 4 is 37.3 Å². The Hall–Kier alpha value is -2.60. The molecule has 0 saturated heterocycles. The van der Waals surface area contributed by atoms with E-state index >= 15 is 0 Å². The second-order valence-corrected chi connectivity index (χ2v) is 14.7. The van der Waals surface area contributed by atoms with Crippen molar-refractivity contribution < 1.29 is 41.9 Å². The van der Waals surface area contributed by atoms with E-state index in [0.29, 0.717) is 18.1 Å². The second kappa shape index (κ2) is 17.5. The van der Waals surface area contributed by atoms with Crippen LogP contribution in [0, 0.1) is 0 Å². The van der Waals surface area contributed by atoms with Crippen molar-refractivity contribution in [1.82, 2.24) is 5.32 Å². The molecular weight excluding hydrogens is 653 g/mol. The molecule has 1 N–H and O–H groups in total. The van der Waals surface area contributed by atoms with Crippen LogP contribution in [-0.4, -0.2) is 58.6 Å². The van der Waals surface area contributed by atoms with E-state index in [1.54, 1.807) is 32.5 Å². The number of benzene rings is 3. The molecule has 0 spiro atoms. The Morgan fingerprint density at radius 2 is 1.59 bits per heavy atom. The average molecular weight is 696 g/mol. The molecule has 252 valence electrons. The van der Waals surface area contributed by atoms with Crippen molar-refractivity contribution in [3.05, 3.63) is 88.9 Å². The Morgan fingerprint density at radius 3 is 2.20 bits per heavy atom. The van der Waals surface area contributed by atoms with E-state index in [-0.39, 0.29) is 13.0 Å². The van der Waals surface area contributed by atoms with Gasteiger partial charge in [0, 0.05) is 43.3 Å². The summed E-state index contributed by atoms with van der Waals surface area (Å²) in [5, 5.41) is 3.37. The zero-order valence-corrected chi connectivity index (χ0v) is 29.7. The molecule has 13 heteroatoms. The highest BCUT2D eigenvalue weighted by molar-refractivity contribution is 7.99. The van der Waals surface area contributed by atoms with Gasteiger partial charge in [-0.25, -0.2) is 9.36 Å². The van der Waals surface area contributed by atoms with Gasteiger partial charge in [0.1, 0.15) is 23.5 Å². The summed E-state index contributed by atoms with van der Waals surface area (Å²) < 4.78 is 51.0. The van der Waals surface area contributed by atoms with Crippen LogP contribution >= 0.6 is 31.2 Å². The van der Waals surface area contributed by atoms with Gasteiger partial charge in [0.15, 0.2) is 6.29 Å². The number of phosphoric acid groups is 1. The summed E-state index contributed by atoms with van der Waals surface area (Å²) in [6.45, 7) is 5.35. The van der Waals surface area contributed by atoms with Crippen LogP contribution in [0.25, 0.3) is 0 Å². The van der Waals surface area contributed by atoms with Gasteiger partial charge in [-0.3, -0.25) is 13.6 Å². The number of alkyl carbamates (subject to hydrolysis) is 1. The Morgan fingerprint density at radius 1 is 0.913 bits per heavy atom. The van der Waals surface area contributed by atoms with Crippen LogP contribution in [0.4, 0.5) is 4.79 Å². The fourth-order valence-electron chi connectivity index (χ4n) is 4.50. The van der Waals surface area contributed by atoms with Crippen molar-refractivity contribution in [2.45, 2.75) is 67.4 Å². The molecule has 46 heavy (non-hydrogen) atoms. The van der Waals surface area contributed by atoms with Crippen molar-refractivity contribution in [1.29, 1.82) is 0 Å².